The number of rotatable bonds is 1. The Labute approximate surface area is 106 Å². The van der Waals surface area contributed by atoms with E-state index in [1.54, 1.807) is 18.2 Å². The average Bonchev–Trinajstić information content (AvgIpc) is 2.76. The van der Waals surface area contributed by atoms with Crippen molar-refractivity contribution in [1.29, 1.82) is 0 Å². The molecule has 1 fully saturated rings. The number of nitrogens with one attached hydrogen (secondary N) is 1. The fourth-order valence-electron chi connectivity index (χ4n) is 2.98. The molecule has 2 aromatic carbocycles. The molecule has 2 aromatic rings. The molecule has 3 heteroatoms. The maximum absolute atomic E-state index is 10.2. The van der Waals surface area contributed by atoms with Crippen LogP contribution in [-0.2, 0) is 5.54 Å². The first-order valence-corrected chi connectivity index (χ1v) is 6.30. The summed E-state index contributed by atoms with van der Waals surface area (Å²) in [7, 11) is 0. The first-order chi connectivity index (χ1) is 8.60. The van der Waals surface area contributed by atoms with Gasteiger partial charge in [-0.15, -0.1) is 0 Å². The zero-order valence-corrected chi connectivity index (χ0v) is 10.4. The summed E-state index contributed by atoms with van der Waals surface area (Å²) < 4.78 is 0. The summed E-state index contributed by atoms with van der Waals surface area (Å²) in [5, 5.41) is 25.3. The van der Waals surface area contributed by atoms with Gasteiger partial charge in [-0.05, 0) is 55.3 Å². The van der Waals surface area contributed by atoms with Crippen LogP contribution in [0, 0.1) is 0 Å². The van der Waals surface area contributed by atoms with Gasteiger partial charge in [0.05, 0.1) is 0 Å². The first kappa shape index (κ1) is 11.4. The second-order valence-corrected chi connectivity index (χ2v) is 5.23. The number of hydrogen-bond donors (Lipinski definition) is 3. The summed E-state index contributed by atoms with van der Waals surface area (Å²) in [6.45, 7) is 3.07. The monoisotopic (exact) mass is 243 g/mol. The Kier molecular flexibility index (Phi) is 2.45. The fraction of sp³-hybridized carbons (Fsp3) is 0.333. The van der Waals surface area contributed by atoms with Gasteiger partial charge in [-0.25, -0.2) is 0 Å². The molecule has 1 saturated heterocycles. The van der Waals surface area contributed by atoms with Crippen molar-refractivity contribution < 1.29 is 10.2 Å². The largest absolute Gasteiger partial charge is 0.508 e. The lowest BCUT2D eigenvalue weighted by atomic mass is 9.86. The Bertz CT molecular complexity index is 595. The van der Waals surface area contributed by atoms with Crippen LogP contribution >= 0.6 is 0 Å². The van der Waals surface area contributed by atoms with E-state index >= 15 is 0 Å². The average molecular weight is 243 g/mol. The van der Waals surface area contributed by atoms with Gasteiger partial charge < -0.3 is 15.5 Å². The zero-order chi connectivity index (χ0) is 12.8. The van der Waals surface area contributed by atoms with Crippen LogP contribution < -0.4 is 5.32 Å². The minimum absolute atomic E-state index is 0.211. The third-order valence-corrected chi connectivity index (χ3v) is 3.90. The molecule has 0 saturated carbocycles. The molecule has 0 bridgehead atoms. The van der Waals surface area contributed by atoms with E-state index in [1.807, 2.05) is 12.1 Å². The maximum atomic E-state index is 10.2. The van der Waals surface area contributed by atoms with Crippen molar-refractivity contribution in [3.63, 3.8) is 0 Å². The highest BCUT2D eigenvalue weighted by molar-refractivity contribution is 5.89. The molecule has 3 rings (SSSR count). The number of phenolic OH excluding ortho intramolecular Hbond substituents is 2. The van der Waals surface area contributed by atoms with Crippen molar-refractivity contribution in [3.05, 3.63) is 35.9 Å². The Morgan fingerprint density at radius 3 is 2.67 bits per heavy atom. The Hall–Kier alpha value is -1.74. The molecule has 0 aliphatic carbocycles. The summed E-state index contributed by atoms with van der Waals surface area (Å²) in [6.07, 6.45) is 2.10. The Balaban J connectivity index is 2.32. The Morgan fingerprint density at radius 2 is 1.94 bits per heavy atom. The molecule has 1 unspecified atom stereocenters. The molecule has 3 nitrogen and oxygen atoms in total. The van der Waals surface area contributed by atoms with E-state index < -0.39 is 0 Å². The minimum Gasteiger partial charge on any atom is -0.508 e. The summed E-state index contributed by atoms with van der Waals surface area (Å²) >= 11 is 0. The van der Waals surface area contributed by atoms with E-state index in [0.29, 0.717) is 5.75 Å². The van der Waals surface area contributed by atoms with Gasteiger partial charge in [-0.1, -0.05) is 12.1 Å². The van der Waals surface area contributed by atoms with Crippen LogP contribution in [0.15, 0.2) is 30.3 Å². The summed E-state index contributed by atoms with van der Waals surface area (Å²) in [5.41, 5.74) is 0.686. The van der Waals surface area contributed by atoms with Crippen LogP contribution in [0.25, 0.3) is 10.8 Å². The summed E-state index contributed by atoms with van der Waals surface area (Å²) in [4.78, 5) is 0. The smallest absolute Gasteiger partial charge is 0.121 e. The van der Waals surface area contributed by atoms with Crippen molar-refractivity contribution in [2.45, 2.75) is 25.3 Å². The molecular formula is C15H17NO2. The SMILES string of the molecule is CC1(c2c(O)ccc3ccc(O)cc23)CCCN1. The highest BCUT2D eigenvalue weighted by Crippen LogP contribution is 2.41. The van der Waals surface area contributed by atoms with E-state index in [9.17, 15) is 10.2 Å². The van der Waals surface area contributed by atoms with Crippen LogP contribution in [0.1, 0.15) is 25.3 Å². The number of hydrogen-bond acceptors (Lipinski definition) is 3. The fourth-order valence-corrected chi connectivity index (χ4v) is 2.98. The van der Waals surface area contributed by atoms with Crippen LogP contribution in [-0.4, -0.2) is 16.8 Å². The molecule has 1 aliphatic rings. The molecule has 3 N–H and O–H groups in total. The third-order valence-electron chi connectivity index (χ3n) is 3.90. The summed E-state index contributed by atoms with van der Waals surface area (Å²) in [5.74, 6) is 0.529. The molecule has 0 amide bonds. The van der Waals surface area contributed by atoms with E-state index in [0.717, 1.165) is 35.7 Å². The molecule has 1 aliphatic heterocycles. The van der Waals surface area contributed by atoms with Gasteiger partial charge in [0.2, 0.25) is 0 Å². The highest BCUT2D eigenvalue weighted by Gasteiger charge is 2.33. The maximum Gasteiger partial charge on any atom is 0.121 e. The zero-order valence-electron chi connectivity index (χ0n) is 10.4. The lowest BCUT2D eigenvalue weighted by molar-refractivity contribution is 0.398. The highest BCUT2D eigenvalue weighted by atomic mass is 16.3. The first-order valence-electron chi connectivity index (χ1n) is 6.30. The van der Waals surface area contributed by atoms with E-state index in [4.69, 9.17) is 0 Å². The molecule has 18 heavy (non-hydrogen) atoms. The van der Waals surface area contributed by atoms with E-state index in [2.05, 4.69) is 12.2 Å². The van der Waals surface area contributed by atoms with Gasteiger partial charge in [0.1, 0.15) is 11.5 Å². The van der Waals surface area contributed by atoms with Gasteiger partial charge in [0.15, 0.2) is 0 Å². The Morgan fingerprint density at radius 1 is 1.17 bits per heavy atom. The van der Waals surface area contributed by atoms with Crippen LogP contribution in [0.5, 0.6) is 11.5 Å². The lowest BCUT2D eigenvalue weighted by Crippen LogP contribution is -2.33. The van der Waals surface area contributed by atoms with Crippen LogP contribution in [0.3, 0.4) is 0 Å². The quantitative estimate of drug-likeness (QED) is 0.722. The predicted octanol–water partition coefficient (Wildman–Crippen LogP) is 2.85. The number of phenols is 2. The second kappa shape index (κ2) is 3.89. The lowest BCUT2D eigenvalue weighted by Gasteiger charge is -2.27. The molecule has 1 heterocycles. The van der Waals surface area contributed by atoms with Crippen LogP contribution in [0.2, 0.25) is 0 Å². The minimum atomic E-state index is -0.211. The van der Waals surface area contributed by atoms with Crippen LogP contribution in [0.4, 0.5) is 0 Å². The second-order valence-electron chi connectivity index (χ2n) is 5.23. The molecule has 0 aromatic heterocycles. The predicted molar refractivity (Wildman–Crippen MR) is 71.9 cm³/mol. The topological polar surface area (TPSA) is 52.5 Å². The van der Waals surface area contributed by atoms with Gasteiger partial charge in [-0.2, -0.15) is 0 Å². The molecule has 1 atom stereocenters. The van der Waals surface area contributed by atoms with Crippen molar-refractivity contribution in [3.8, 4) is 11.5 Å². The van der Waals surface area contributed by atoms with Gasteiger partial charge in [-0.3, -0.25) is 0 Å². The van der Waals surface area contributed by atoms with E-state index in [1.165, 1.54) is 0 Å². The van der Waals surface area contributed by atoms with Gasteiger partial charge in [0, 0.05) is 11.1 Å². The normalized spacial score (nSPS) is 23.6. The number of benzene rings is 2. The molecule has 0 spiro atoms. The standard InChI is InChI=1S/C15H17NO2/c1-15(7-2-8-16-15)14-12-9-11(17)5-3-10(12)4-6-13(14)18/h3-6,9,16-18H,2,7-8H2,1H3. The van der Waals surface area contributed by atoms with Crippen molar-refractivity contribution in [1.82, 2.24) is 5.32 Å². The van der Waals surface area contributed by atoms with Crippen molar-refractivity contribution >= 4 is 10.8 Å². The van der Waals surface area contributed by atoms with Gasteiger partial charge in [0.25, 0.3) is 0 Å². The molecule has 0 radical (unpaired) electrons. The van der Waals surface area contributed by atoms with Crippen molar-refractivity contribution in [2.75, 3.05) is 6.54 Å². The molecule has 94 valence electrons. The number of aromatic hydroxyl groups is 2. The number of fused-ring (bicyclic) bond motifs is 1. The molecular weight excluding hydrogens is 226 g/mol. The summed E-state index contributed by atoms with van der Waals surface area (Å²) in [6, 6.07) is 8.90. The third kappa shape index (κ3) is 1.63. The van der Waals surface area contributed by atoms with Crippen molar-refractivity contribution in [2.24, 2.45) is 0 Å². The van der Waals surface area contributed by atoms with E-state index in [-0.39, 0.29) is 11.3 Å². The van der Waals surface area contributed by atoms with Gasteiger partial charge >= 0.3 is 0 Å².